The Morgan fingerprint density at radius 3 is 2.29 bits per heavy atom. The quantitative estimate of drug-likeness (QED) is 0.269. The fraction of sp³-hybridized carbons (Fsp3) is 0.160. The minimum Gasteiger partial charge on any atom is -0.321 e. The molecule has 2 aromatic heterocycles. The van der Waals surface area contributed by atoms with Gasteiger partial charge in [-0.2, -0.15) is 11.3 Å². The molecule has 0 unspecified atom stereocenters. The van der Waals surface area contributed by atoms with Crippen LogP contribution in [-0.2, 0) is 0 Å². The molecule has 5 nitrogen and oxygen atoms in total. The van der Waals surface area contributed by atoms with Gasteiger partial charge in [0, 0.05) is 31.3 Å². The van der Waals surface area contributed by atoms with Gasteiger partial charge >= 0.3 is 0 Å². The maximum atomic E-state index is 13.0. The van der Waals surface area contributed by atoms with Crippen LogP contribution in [0, 0.1) is 27.7 Å². The Balaban J connectivity index is 1.48. The predicted molar refractivity (Wildman–Crippen MR) is 143 cm³/mol. The van der Waals surface area contributed by atoms with Crippen LogP contribution >= 0.6 is 46.0 Å². The second-order valence-electron chi connectivity index (χ2n) is 7.82. The van der Waals surface area contributed by atoms with Gasteiger partial charge in [0.2, 0.25) is 0 Å². The Morgan fingerprint density at radius 2 is 1.62 bits per heavy atom. The van der Waals surface area contributed by atoms with Gasteiger partial charge in [0.15, 0.2) is 5.13 Å². The zero-order valence-corrected chi connectivity index (χ0v) is 22.2. The van der Waals surface area contributed by atoms with Crippen molar-refractivity contribution in [1.29, 1.82) is 0 Å². The smallest absolute Gasteiger partial charge is 0.267 e. The number of nitrogens with zero attached hydrogens (tertiary/aromatic N) is 1. The number of benzene rings is 2. The topological polar surface area (TPSA) is 71.1 Å². The summed E-state index contributed by atoms with van der Waals surface area (Å²) in [5, 5.41) is 10.7. The second-order valence-corrected chi connectivity index (χ2v) is 11.1. The summed E-state index contributed by atoms with van der Waals surface area (Å²) in [6, 6.07) is 11.5. The summed E-state index contributed by atoms with van der Waals surface area (Å²) in [5.74, 6) is -0.497. The molecule has 0 saturated carbocycles. The molecule has 0 bridgehead atoms. The molecule has 0 radical (unpaired) electrons. The third-order valence-corrected chi connectivity index (χ3v) is 8.33. The maximum Gasteiger partial charge on any atom is 0.267 e. The van der Waals surface area contributed by atoms with E-state index in [0.29, 0.717) is 26.3 Å². The first-order valence-electron chi connectivity index (χ1n) is 10.4. The van der Waals surface area contributed by atoms with Crippen LogP contribution in [0.1, 0.15) is 42.4 Å². The van der Waals surface area contributed by atoms with Gasteiger partial charge in [-0.3, -0.25) is 14.9 Å². The van der Waals surface area contributed by atoms with Gasteiger partial charge in [-0.1, -0.05) is 52.4 Å². The van der Waals surface area contributed by atoms with Crippen molar-refractivity contribution in [1.82, 2.24) is 4.98 Å². The third kappa shape index (κ3) is 5.52. The molecule has 9 heteroatoms. The van der Waals surface area contributed by atoms with Crippen molar-refractivity contribution in [2.45, 2.75) is 37.5 Å². The number of carbonyl (C=O) groups is 2. The molecule has 0 fully saturated rings. The van der Waals surface area contributed by atoms with E-state index in [2.05, 4.69) is 15.6 Å². The lowest BCUT2D eigenvalue weighted by Crippen LogP contribution is -2.13. The minimum atomic E-state index is -0.261. The molecule has 0 aliphatic rings. The largest absolute Gasteiger partial charge is 0.321 e. The Bertz CT molecular complexity index is 1350. The summed E-state index contributed by atoms with van der Waals surface area (Å²) in [4.78, 5) is 32.7. The highest BCUT2D eigenvalue weighted by atomic mass is 35.5. The van der Waals surface area contributed by atoms with Crippen LogP contribution in [0.5, 0.6) is 0 Å². The van der Waals surface area contributed by atoms with Gasteiger partial charge in [0.1, 0.15) is 4.88 Å². The van der Waals surface area contributed by atoms with Crippen molar-refractivity contribution in [3.8, 4) is 0 Å². The number of aryl methyl sites for hydroxylation is 4. The number of anilines is 2. The third-order valence-electron chi connectivity index (χ3n) is 5.05. The van der Waals surface area contributed by atoms with Crippen molar-refractivity contribution in [2.24, 2.45) is 0 Å². The number of thiazole rings is 1. The van der Waals surface area contributed by atoms with Gasteiger partial charge in [0.25, 0.3) is 11.8 Å². The van der Waals surface area contributed by atoms with Gasteiger partial charge in [0.05, 0.1) is 11.3 Å². The first kappa shape index (κ1) is 24.5. The van der Waals surface area contributed by atoms with Crippen LogP contribution in [0.4, 0.5) is 10.8 Å². The highest BCUT2D eigenvalue weighted by molar-refractivity contribution is 7.99. The number of aromatic nitrogens is 1. The Morgan fingerprint density at radius 1 is 0.941 bits per heavy atom. The van der Waals surface area contributed by atoms with E-state index in [9.17, 15) is 9.59 Å². The average molecular weight is 528 g/mol. The summed E-state index contributed by atoms with van der Waals surface area (Å²) >= 11 is 10.1. The number of halogens is 1. The molecule has 4 aromatic rings. The van der Waals surface area contributed by atoms with E-state index in [4.69, 9.17) is 11.6 Å². The van der Waals surface area contributed by atoms with Crippen molar-refractivity contribution >= 4 is 68.7 Å². The maximum absolute atomic E-state index is 13.0. The molecule has 2 heterocycles. The highest BCUT2D eigenvalue weighted by Gasteiger charge is 2.20. The summed E-state index contributed by atoms with van der Waals surface area (Å²) in [7, 11) is 0. The summed E-state index contributed by atoms with van der Waals surface area (Å²) in [6.07, 6.45) is 0. The molecule has 2 N–H and O–H groups in total. The number of rotatable bonds is 6. The first-order chi connectivity index (χ1) is 16.2. The fourth-order valence-electron chi connectivity index (χ4n) is 3.53. The van der Waals surface area contributed by atoms with Gasteiger partial charge < -0.3 is 5.32 Å². The van der Waals surface area contributed by atoms with Crippen LogP contribution in [0.3, 0.4) is 0 Å². The van der Waals surface area contributed by atoms with E-state index < -0.39 is 0 Å². The van der Waals surface area contributed by atoms with Crippen molar-refractivity contribution in [3.05, 3.63) is 85.0 Å². The molecule has 0 spiro atoms. The van der Waals surface area contributed by atoms with E-state index >= 15 is 0 Å². The summed E-state index contributed by atoms with van der Waals surface area (Å²) in [5.41, 5.74) is 5.09. The monoisotopic (exact) mass is 527 g/mol. The molecule has 2 amide bonds. The zero-order valence-electron chi connectivity index (χ0n) is 19.0. The Labute approximate surface area is 215 Å². The molecule has 0 aliphatic heterocycles. The fourth-order valence-corrected chi connectivity index (χ4v) is 6.42. The standard InChI is InChI=1S/C25H22ClN3O2S3/c1-13-9-14(2)21(15(3)10-13)28-24(31)22-16(4)27-25(34-22)29-23(30)19-11-32-12-20(19)33-18-7-5-17(26)6-8-18/h5-12H,1-4H3,(H,28,31)(H,27,29,30). The van der Waals surface area contributed by atoms with E-state index in [1.165, 1.54) is 34.4 Å². The second kappa shape index (κ2) is 10.3. The molecule has 2 aromatic carbocycles. The lowest BCUT2D eigenvalue weighted by molar-refractivity contribution is 0.101. The van der Waals surface area contributed by atoms with E-state index in [-0.39, 0.29) is 11.8 Å². The molecule has 174 valence electrons. The van der Waals surface area contributed by atoms with Crippen molar-refractivity contribution < 1.29 is 9.59 Å². The van der Waals surface area contributed by atoms with Crippen molar-refractivity contribution in [2.75, 3.05) is 10.6 Å². The normalized spacial score (nSPS) is 10.9. The van der Waals surface area contributed by atoms with Gasteiger partial charge in [-0.25, -0.2) is 4.98 Å². The van der Waals surface area contributed by atoms with Crippen molar-refractivity contribution in [3.63, 3.8) is 0 Å². The van der Waals surface area contributed by atoms with Crippen LogP contribution < -0.4 is 10.6 Å². The molecule has 4 rings (SSSR count). The molecule has 0 aliphatic carbocycles. The number of amides is 2. The molecule has 34 heavy (non-hydrogen) atoms. The number of hydrogen-bond donors (Lipinski definition) is 2. The lowest BCUT2D eigenvalue weighted by atomic mass is 10.1. The SMILES string of the molecule is Cc1cc(C)c(NC(=O)c2sc(NC(=O)c3cscc3Sc3ccc(Cl)cc3)nc2C)c(C)c1. The zero-order chi connectivity index (χ0) is 24.4. The molecule has 0 saturated heterocycles. The number of hydrogen-bond acceptors (Lipinski definition) is 6. The van der Waals surface area contributed by atoms with Crippen LogP contribution in [0.2, 0.25) is 5.02 Å². The predicted octanol–water partition coefficient (Wildman–Crippen LogP) is 7.75. The Hall–Kier alpha value is -2.65. The highest BCUT2D eigenvalue weighted by Crippen LogP contribution is 2.34. The molecular formula is C25H22ClN3O2S3. The van der Waals surface area contributed by atoms with E-state index in [0.717, 1.165) is 32.2 Å². The number of nitrogens with one attached hydrogen (secondary N) is 2. The van der Waals surface area contributed by atoms with Crippen LogP contribution in [0.25, 0.3) is 0 Å². The average Bonchev–Trinajstić information content (AvgIpc) is 3.38. The van der Waals surface area contributed by atoms with E-state index in [1.54, 1.807) is 6.92 Å². The molecular weight excluding hydrogens is 506 g/mol. The van der Waals surface area contributed by atoms with E-state index in [1.807, 2.05) is 67.9 Å². The molecule has 0 atom stereocenters. The number of carbonyl (C=O) groups excluding carboxylic acids is 2. The lowest BCUT2D eigenvalue weighted by Gasteiger charge is -2.12. The van der Waals surface area contributed by atoms with Gasteiger partial charge in [-0.05, 0) is 63.1 Å². The minimum absolute atomic E-state index is 0.236. The van der Waals surface area contributed by atoms with Gasteiger partial charge in [-0.15, -0.1) is 0 Å². The first-order valence-corrected chi connectivity index (χ1v) is 13.3. The number of thiophene rings is 1. The van der Waals surface area contributed by atoms with Crippen LogP contribution in [0.15, 0.2) is 56.9 Å². The Kier molecular flexibility index (Phi) is 7.42. The van der Waals surface area contributed by atoms with Crippen LogP contribution in [-0.4, -0.2) is 16.8 Å². The summed E-state index contributed by atoms with van der Waals surface area (Å²) < 4.78 is 0. The summed E-state index contributed by atoms with van der Waals surface area (Å²) in [6.45, 7) is 7.74.